The predicted molar refractivity (Wildman–Crippen MR) is 116 cm³/mol. The Bertz CT molecular complexity index is 1010. The van der Waals surface area contributed by atoms with E-state index in [1.807, 2.05) is 79.7 Å². The van der Waals surface area contributed by atoms with Gasteiger partial charge in [0.2, 0.25) is 5.91 Å². The Morgan fingerprint density at radius 3 is 2.11 bits per heavy atom. The third-order valence-electron chi connectivity index (χ3n) is 4.44. The number of rotatable bonds is 5. The number of carbonyl (C=O) groups is 1. The summed E-state index contributed by atoms with van der Waals surface area (Å²) in [7, 11) is 0. The summed E-state index contributed by atoms with van der Waals surface area (Å²) < 4.78 is 0. The SMILES string of the molecule is Cc1ccc(CC(=O)Nc2nc(-c3ccccc3)c(-c3ccccc3)s2)cc1. The second-order valence-corrected chi connectivity index (χ2v) is 7.64. The molecule has 0 radical (unpaired) electrons. The minimum absolute atomic E-state index is 0.0585. The minimum Gasteiger partial charge on any atom is -0.302 e. The van der Waals surface area contributed by atoms with E-state index in [4.69, 9.17) is 4.98 Å². The molecule has 0 aliphatic heterocycles. The monoisotopic (exact) mass is 384 g/mol. The quantitative estimate of drug-likeness (QED) is 0.461. The van der Waals surface area contributed by atoms with E-state index in [-0.39, 0.29) is 5.91 Å². The average molecular weight is 385 g/mol. The lowest BCUT2D eigenvalue weighted by molar-refractivity contribution is -0.115. The summed E-state index contributed by atoms with van der Waals surface area (Å²) in [5, 5.41) is 3.59. The fraction of sp³-hybridized carbons (Fsp3) is 0.0833. The molecule has 4 heteroatoms. The number of carbonyl (C=O) groups excluding carboxylic acids is 1. The van der Waals surface area contributed by atoms with Crippen molar-refractivity contribution in [3.8, 4) is 21.7 Å². The van der Waals surface area contributed by atoms with Crippen LogP contribution in [-0.2, 0) is 11.2 Å². The van der Waals surface area contributed by atoms with Gasteiger partial charge in [-0.1, -0.05) is 102 Å². The molecule has 0 atom stereocenters. The largest absolute Gasteiger partial charge is 0.302 e. The van der Waals surface area contributed by atoms with E-state index >= 15 is 0 Å². The van der Waals surface area contributed by atoms with Crippen LogP contribution in [0.3, 0.4) is 0 Å². The molecule has 1 aromatic heterocycles. The molecule has 0 saturated carbocycles. The summed E-state index contributed by atoms with van der Waals surface area (Å²) >= 11 is 1.51. The number of nitrogens with one attached hydrogen (secondary N) is 1. The number of nitrogens with zero attached hydrogens (tertiary/aromatic N) is 1. The molecule has 0 aliphatic rings. The molecule has 1 N–H and O–H groups in total. The Balaban J connectivity index is 1.62. The number of benzene rings is 3. The molecule has 138 valence electrons. The van der Waals surface area contributed by atoms with Gasteiger partial charge in [0, 0.05) is 5.56 Å². The molecule has 0 spiro atoms. The molecule has 1 amide bonds. The molecule has 3 aromatic carbocycles. The first kappa shape index (κ1) is 18.1. The highest BCUT2D eigenvalue weighted by Crippen LogP contribution is 2.38. The van der Waals surface area contributed by atoms with Gasteiger partial charge in [-0.3, -0.25) is 4.79 Å². The van der Waals surface area contributed by atoms with Crippen molar-refractivity contribution in [2.75, 3.05) is 5.32 Å². The average Bonchev–Trinajstić information content (AvgIpc) is 3.15. The van der Waals surface area contributed by atoms with Gasteiger partial charge in [0.25, 0.3) is 0 Å². The third-order valence-corrected chi connectivity index (χ3v) is 5.46. The summed E-state index contributed by atoms with van der Waals surface area (Å²) in [4.78, 5) is 18.3. The number of hydrogen-bond donors (Lipinski definition) is 1. The van der Waals surface area contributed by atoms with Crippen LogP contribution in [0.5, 0.6) is 0 Å². The third kappa shape index (κ3) is 4.18. The van der Waals surface area contributed by atoms with Crippen LogP contribution < -0.4 is 5.32 Å². The van der Waals surface area contributed by atoms with Crippen LogP contribution in [0, 0.1) is 6.92 Å². The summed E-state index contributed by atoms with van der Waals surface area (Å²) in [6, 6.07) is 28.2. The smallest absolute Gasteiger partial charge is 0.230 e. The van der Waals surface area contributed by atoms with E-state index < -0.39 is 0 Å². The van der Waals surface area contributed by atoms with Gasteiger partial charge < -0.3 is 5.32 Å². The van der Waals surface area contributed by atoms with Crippen LogP contribution in [0.25, 0.3) is 21.7 Å². The van der Waals surface area contributed by atoms with Crippen molar-refractivity contribution in [2.45, 2.75) is 13.3 Å². The predicted octanol–water partition coefficient (Wildman–Crippen LogP) is 5.97. The van der Waals surface area contributed by atoms with Crippen LogP contribution >= 0.6 is 11.3 Å². The van der Waals surface area contributed by atoms with E-state index in [9.17, 15) is 4.79 Å². The Hall–Kier alpha value is -3.24. The number of amides is 1. The van der Waals surface area contributed by atoms with Gasteiger partial charge >= 0.3 is 0 Å². The number of hydrogen-bond acceptors (Lipinski definition) is 3. The highest BCUT2D eigenvalue weighted by molar-refractivity contribution is 7.19. The first-order valence-corrected chi connectivity index (χ1v) is 9.98. The molecule has 3 nitrogen and oxygen atoms in total. The van der Waals surface area contributed by atoms with Crippen LogP contribution in [0.1, 0.15) is 11.1 Å². The van der Waals surface area contributed by atoms with Gasteiger partial charge in [0.05, 0.1) is 17.0 Å². The van der Waals surface area contributed by atoms with E-state index in [0.29, 0.717) is 11.6 Å². The van der Waals surface area contributed by atoms with Crippen LogP contribution in [0.4, 0.5) is 5.13 Å². The van der Waals surface area contributed by atoms with Gasteiger partial charge in [-0.15, -0.1) is 0 Å². The van der Waals surface area contributed by atoms with Crippen molar-refractivity contribution in [3.63, 3.8) is 0 Å². The lowest BCUT2D eigenvalue weighted by atomic mass is 10.1. The van der Waals surface area contributed by atoms with Gasteiger partial charge in [0.1, 0.15) is 0 Å². The maximum absolute atomic E-state index is 12.5. The van der Waals surface area contributed by atoms with Gasteiger partial charge in [-0.25, -0.2) is 4.98 Å². The van der Waals surface area contributed by atoms with Crippen molar-refractivity contribution in [3.05, 3.63) is 96.1 Å². The second kappa shape index (κ2) is 8.19. The zero-order valence-electron chi connectivity index (χ0n) is 15.6. The van der Waals surface area contributed by atoms with Gasteiger partial charge in [-0.2, -0.15) is 0 Å². The maximum Gasteiger partial charge on any atom is 0.230 e. The molecule has 4 rings (SSSR count). The zero-order chi connectivity index (χ0) is 19.3. The molecule has 0 fully saturated rings. The molecule has 0 aliphatic carbocycles. The lowest BCUT2D eigenvalue weighted by Crippen LogP contribution is -2.14. The molecule has 0 unspecified atom stereocenters. The Morgan fingerprint density at radius 2 is 1.46 bits per heavy atom. The van der Waals surface area contributed by atoms with Gasteiger partial charge in [0.15, 0.2) is 5.13 Å². The van der Waals surface area contributed by atoms with Gasteiger partial charge in [-0.05, 0) is 18.1 Å². The first-order valence-electron chi connectivity index (χ1n) is 9.16. The fourth-order valence-corrected chi connectivity index (χ4v) is 4.01. The molecular formula is C24H20N2OS. The maximum atomic E-state index is 12.5. The zero-order valence-corrected chi connectivity index (χ0v) is 16.4. The highest BCUT2D eigenvalue weighted by atomic mass is 32.1. The molecule has 1 heterocycles. The van der Waals surface area contributed by atoms with Crippen molar-refractivity contribution < 1.29 is 4.79 Å². The number of aryl methyl sites for hydroxylation is 1. The Labute approximate surface area is 168 Å². The Morgan fingerprint density at radius 1 is 0.857 bits per heavy atom. The van der Waals surface area contributed by atoms with E-state index in [1.54, 1.807) is 0 Å². The second-order valence-electron chi connectivity index (χ2n) is 6.64. The topological polar surface area (TPSA) is 42.0 Å². The molecule has 0 saturated heterocycles. The van der Waals surface area contributed by atoms with E-state index in [1.165, 1.54) is 16.9 Å². The van der Waals surface area contributed by atoms with E-state index in [2.05, 4.69) is 17.4 Å². The van der Waals surface area contributed by atoms with Crippen LogP contribution in [0.2, 0.25) is 0 Å². The fourth-order valence-electron chi connectivity index (χ4n) is 3.01. The van der Waals surface area contributed by atoms with Crippen molar-refractivity contribution in [1.82, 2.24) is 4.98 Å². The minimum atomic E-state index is -0.0585. The highest BCUT2D eigenvalue weighted by Gasteiger charge is 2.16. The standard InChI is InChI=1S/C24H20N2OS/c1-17-12-14-18(15-13-17)16-21(27)25-24-26-22(19-8-4-2-5-9-19)23(28-24)20-10-6-3-7-11-20/h2-15H,16H2,1H3,(H,25,26,27). The lowest BCUT2D eigenvalue weighted by Gasteiger charge is -2.02. The van der Waals surface area contributed by atoms with Crippen LogP contribution in [-0.4, -0.2) is 10.9 Å². The number of anilines is 1. The summed E-state index contributed by atoms with van der Waals surface area (Å²) in [6.07, 6.45) is 0.335. The molecule has 0 bridgehead atoms. The molecule has 28 heavy (non-hydrogen) atoms. The molecular weight excluding hydrogens is 364 g/mol. The molecule has 4 aromatic rings. The summed E-state index contributed by atoms with van der Waals surface area (Å²) in [6.45, 7) is 2.04. The normalized spacial score (nSPS) is 10.6. The van der Waals surface area contributed by atoms with Crippen LogP contribution in [0.15, 0.2) is 84.9 Å². The van der Waals surface area contributed by atoms with Crippen molar-refractivity contribution in [1.29, 1.82) is 0 Å². The van der Waals surface area contributed by atoms with E-state index in [0.717, 1.165) is 27.3 Å². The Kier molecular flexibility index (Phi) is 5.31. The first-order chi connectivity index (χ1) is 13.7. The van der Waals surface area contributed by atoms with Crippen molar-refractivity contribution >= 4 is 22.4 Å². The summed E-state index contributed by atoms with van der Waals surface area (Å²) in [5.74, 6) is -0.0585. The number of thiazole rings is 1. The number of aromatic nitrogens is 1. The summed E-state index contributed by atoms with van der Waals surface area (Å²) in [5.41, 5.74) is 5.20. The van der Waals surface area contributed by atoms with Crippen molar-refractivity contribution in [2.24, 2.45) is 0 Å².